The minimum Gasteiger partial charge on any atom is -0.381 e. The fourth-order valence-corrected chi connectivity index (χ4v) is 3.45. The number of hydrogen-bond donors (Lipinski definition) is 1. The Morgan fingerprint density at radius 2 is 1.72 bits per heavy atom. The highest BCUT2D eigenvalue weighted by Gasteiger charge is 2.23. The molecular weight excluding hydrogens is 224 g/mol. The van der Waals surface area contributed by atoms with E-state index in [9.17, 15) is 0 Å². The SMILES string of the molecule is NCC1CCCCC1COCCCN1CCCC1. The van der Waals surface area contributed by atoms with Gasteiger partial charge in [-0.05, 0) is 63.6 Å². The Bertz CT molecular complexity index is 217. The van der Waals surface area contributed by atoms with Gasteiger partial charge >= 0.3 is 0 Å². The van der Waals surface area contributed by atoms with Crippen LogP contribution in [0.3, 0.4) is 0 Å². The average Bonchev–Trinajstić information content (AvgIpc) is 2.92. The molecule has 0 radical (unpaired) electrons. The molecule has 1 aliphatic heterocycles. The lowest BCUT2D eigenvalue weighted by molar-refractivity contribution is 0.0565. The van der Waals surface area contributed by atoms with Crippen LogP contribution in [0.2, 0.25) is 0 Å². The summed E-state index contributed by atoms with van der Waals surface area (Å²) in [6.07, 6.45) is 9.36. The van der Waals surface area contributed by atoms with Gasteiger partial charge in [-0.1, -0.05) is 12.8 Å². The highest BCUT2D eigenvalue weighted by molar-refractivity contribution is 4.75. The first-order valence-electron chi connectivity index (χ1n) is 7.90. The molecule has 3 heteroatoms. The predicted molar refractivity (Wildman–Crippen MR) is 75.6 cm³/mol. The van der Waals surface area contributed by atoms with Gasteiger partial charge in [0.05, 0.1) is 0 Å². The molecule has 0 bridgehead atoms. The summed E-state index contributed by atoms with van der Waals surface area (Å²) in [6, 6.07) is 0. The molecule has 0 amide bonds. The summed E-state index contributed by atoms with van der Waals surface area (Å²) >= 11 is 0. The number of rotatable bonds is 7. The van der Waals surface area contributed by atoms with Gasteiger partial charge in [-0.3, -0.25) is 0 Å². The molecule has 0 spiro atoms. The van der Waals surface area contributed by atoms with E-state index in [0.717, 1.165) is 31.6 Å². The first-order chi connectivity index (χ1) is 8.90. The molecule has 1 heterocycles. The summed E-state index contributed by atoms with van der Waals surface area (Å²) in [7, 11) is 0. The predicted octanol–water partition coefficient (Wildman–Crippen LogP) is 2.25. The Kier molecular flexibility index (Phi) is 6.46. The van der Waals surface area contributed by atoms with Crippen LogP contribution in [0.1, 0.15) is 44.9 Å². The third-order valence-corrected chi connectivity index (χ3v) is 4.66. The van der Waals surface area contributed by atoms with E-state index >= 15 is 0 Å². The van der Waals surface area contributed by atoms with Crippen LogP contribution in [-0.2, 0) is 4.74 Å². The van der Waals surface area contributed by atoms with Crippen molar-refractivity contribution in [3.05, 3.63) is 0 Å². The second-order valence-corrected chi connectivity index (χ2v) is 6.02. The minimum atomic E-state index is 0.720. The van der Waals surface area contributed by atoms with Gasteiger partial charge in [0.15, 0.2) is 0 Å². The van der Waals surface area contributed by atoms with Crippen molar-refractivity contribution in [1.82, 2.24) is 4.90 Å². The molecule has 18 heavy (non-hydrogen) atoms. The van der Waals surface area contributed by atoms with Gasteiger partial charge in [0.25, 0.3) is 0 Å². The van der Waals surface area contributed by atoms with Gasteiger partial charge in [0, 0.05) is 19.8 Å². The lowest BCUT2D eigenvalue weighted by Gasteiger charge is -2.30. The third kappa shape index (κ3) is 4.52. The van der Waals surface area contributed by atoms with E-state index in [1.165, 1.54) is 64.6 Å². The molecule has 1 saturated carbocycles. The van der Waals surface area contributed by atoms with Gasteiger partial charge in [-0.2, -0.15) is 0 Å². The molecule has 1 aliphatic carbocycles. The van der Waals surface area contributed by atoms with Crippen molar-refractivity contribution in [2.45, 2.75) is 44.9 Å². The number of hydrogen-bond acceptors (Lipinski definition) is 3. The molecule has 2 rings (SSSR count). The van der Waals surface area contributed by atoms with Crippen LogP contribution in [0.15, 0.2) is 0 Å². The fourth-order valence-electron chi connectivity index (χ4n) is 3.45. The molecule has 1 saturated heterocycles. The maximum absolute atomic E-state index is 5.88. The molecule has 2 N–H and O–H groups in total. The summed E-state index contributed by atoms with van der Waals surface area (Å²) in [4.78, 5) is 2.56. The van der Waals surface area contributed by atoms with Gasteiger partial charge in [0.1, 0.15) is 0 Å². The summed E-state index contributed by atoms with van der Waals surface area (Å²) in [6.45, 7) is 6.56. The summed E-state index contributed by atoms with van der Waals surface area (Å²) in [5.74, 6) is 1.45. The van der Waals surface area contributed by atoms with Crippen LogP contribution in [0.25, 0.3) is 0 Å². The lowest BCUT2D eigenvalue weighted by Crippen LogP contribution is -2.30. The number of nitrogens with zero attached hydrogens (tertiary/aromatic N) is 1. The molecule has 0 aromatic rings. The monoisotopic (exact) mass is 254 g/mol. The second-order valence-electron chi connectivity index (χ2n) is 6.02. The molecular formula is C15H30N2O. The Labute approximate surface area is 112 Å². The molecule has 3 nitrogen and oxygen atoms in total. The third-order valence-electron chi connectivity index (χ3n) is 4.66. The maximum atomic E-state index is 5.88. The molecule has 0 aromatic carbocycles. The first-order valence-corrected chi connectivity index (χ1v) is 7.90. The molecule has 106 valence electrons. The topological polar surface area (TPSA) is 38.5 Å². The van der Waals surface area contributed by atoms with Crippen molar-refractivity contribution in [1.29, 1.82) is 0 Å². The van der Waals surface area contributed by atoms with Crippen LogP contribution in [0, 0.1) is 11.8 Å². The Balaban J connectivity index is 1.51. The smallest absolute Gasteiger partial charge is 0.0497 e. The zero-order chi connectivity index (χ0) is 12.6. The number of ether oxygens (including phenoxy) is 1. The van der Waals surface area contributed by atoms with Gasteiger partial charge in [-0.25, -0.2) is 0 Å². The van der Waals surface area contributed by atoms with Crippen molar-refractivity contribution < 1.29 is 4.74 Å². The Hall–Kier alpha value is -0.120. The average molecular weight is 254 g/mol. The summed E-state index contributed by atoms with van der Waals surface area (Å²) in [5, 5.41) is 0. The lowest BCUT2D eigenvalue weighted by atomic mass is 9.80. The van der Waals surface area contributed by atoms with Gasteiger partial charge in [0.2, 0.25) is 0 Å². The normalized spacial score (nSPS) is 29.8. The molecule has 2 aliphatic rings. The number of likely N-dealkylation sites (tertiary alicyclic amines) is 1. The van der Waals surface area contributed by atoms with E-state index in [2.05, 4.69) is 4.90 Å². The van der Waals surface area contributed by atoms with Gasteiger partial charge in [-0.15, -0.1) is 0 Å². The molecule has 2 atom stereocenters. The van der Waals surface area contributed by atoms with E-state index in [1.54, 1.807) is 0 Å². The first kappa shape index (κ1) is 14.3. The van der Waals surface area contributed by atoms with Crippen molar-refractivity contribution in [2.75, 3.05) is 39.4 Å². The van der Waals surface area contributed by atoms with Crippen LogP contribution < -0.4 is 5.73 Å². The van der Waals surface area contributed by atoms with Crippen LogP contribution in [0.5, 0.6) is 0 Å². The summed E-state index contributed by atoms with van der Waals surface area (Å²) < 4.78 is 5.88. The molecule has 2 unspecified atom stereocenters. The fraction of sp³-hybridized carbons (Fsp3) is 1.00. The zero-order valence-corrected chi connectivity index (χ0v) is 11.8. The zero-order valence-electron chi connectivity index (χ0n) is 11.8. The number of nitrogens with two attached hydrogens (primary N) is 1. The standard InChI is InChI=1S/C15H30N2O/c16-12-14-6-1-2-7-15(14)13-18-11-5-10-17-8-3-4-9-17/h14-15H,1-13,16H2. The molecule has 0 aromatic heterocycles. The van der Waals surface area contributed by atoms with E-state index < -0.39 is 0 Å². The van der Waals surface area contributed by atoms with Crippen molar-refractivity contribution in [3.63, 3.8) is 0 Å². The van der Waals surface area contributed by atoms with E-state index in [1.807, 2.05) is 0 Å². The Morgan fingerprint density at radius 1 is 1.00 bits per heavy atom. The van der Waals surface area contributed by atoms with E-state index in [4.69, 9.17) is 10.5 Å². The van der Waals surface area contributed by atoms with Crippen molar-refractivity contribution in [2.24, 2.45) is 17.6 Å². The Morgan fingerprint density at radius 3 is 2.44 bits per heavy atom. The quantitative estimate of drug-likeness (QED) is 0.708. The van der Waals surface area contributed by atoms with Crippen LogP contribution >= 0.6 is 0 Å². The van der Waals surface area contributed by atoms with Crippen LogP contribution in [0.4, 0.5) is 0 Å². The van der Waals surface area contributed by atoms with Crippen molar-refractivity contribution >= 4 is 0 Å². The van der Waals surface area contributed by atoms with Crippen molar-refractivity contribution in [3.8, 4) is 0 Å². The largest absolute Gasteiger partial charge is 0.381 e. The molecule has 2 fully saturated rings. The minimum absolute atomic E-state index is 0.720. The van der Waals surface area contributed by atoms with E-state index in [-0.39, 0.29) is 0 Å². The van der Waals surface area contributed by atoms with E-state index in [0.29, 0.717) is 0 Å². The van der Waals surface area contributed by atoms with Crippen LogP contribution in [-0.4, -0.2) is 44.3 Å². The summed E-state index contributed by atoms with van der Waals surface area (Å²) in [5.41, 5.74) is 5.84. The second kappa shape index (κ2) is 8.13. The maximum Gasteiger partial charge on any atom is 0.0497 e. The highest BCUT2D eigenvalue weighted by atomic mass is 16.5. The van der Waals surface area contributed by atoms with Gasteiger partial charge < -0.3 is 15.4 Å². The highest BCUT2D eigenvalue weighted by Crippen LogP contribution is 2.29.